The van der Waals surface area contributed by atoms with Crippen LogP contribution in [0.25, 0.3) is 0 Å². The van der Waals surface area contributed by atoms with E-state index in [4.69, 9.17) is 5.11 Å². The van der Waals surface area contributed by atoms with Crippen molar-refractivity contribution in [3.8, 4) is 0 Å². The summed E-state index contributed by atoms with van der Waals surface area (Å²) in [5.41, 5.74) is 2.31. The molecule has 0 aliphatic heterocycles. The van der Waals surface area contributed by atoms with Gasteiger partial charge in [-0.25, -0.2) is 0 Å². The lowest BCUT2D eigenvalue weighted by molar-refractivity contribution is -0.139. The van der Waals surface area contributed by atoms with Crippen molar-refractivity contribution in [3.63, 3.8) is 0 Å². The topological polar surface area (TPSA) is 60.9 Å². The summed E-state index contributed by atoms with van der Waals surface area (Å²) in [5, 5.41) is 8.75. The first-order valence-corrected chi connectivity index (χ1v) is 7.21. The van der Waals surface area contributed by atoms with Crippen LogP contribution >= 0.6 is 0 Å². The summed E-state index contributed by atoms with van der Waals surface area (Å²) in [6.07, 6.45) is 2.08. The van der Waals surface area contributed by atoms with Gasteiger partial charge in [0.2, 0.25) is 5.91 Å². The maximum Gasteiger partial charge on any atom is 0.317 e. The van der Waals surface area contributed by atoms with Crippen molar-refractivity contribution in [2.75, 3.05) is 20.1 Å². The molecule has 114 valence electrons. The molecule has 5 heteroatoms. The third-order valence-corrected chi connectivity index (χ3v) is 3.59. The molecule has 0 atom stereocenters. The van der Waals surface area contributed by atoms with Crippen LogP contribution in [0.2, 0.25) is 0 Å². The van der Waals surface area contributed by atoms with Gasteiger partial charge in [0.15, 0.2) is 0 Å². The average molecular weight is 290 g/mol. The summed E-state index contributed by atoms with van der Waals surface area (Å²) in [6.45, 7) is 2.67. The molecular formula is C16H22N2O3. The minimum atomic E-state index is -0.915. The minimum absolute atomic E-state index is 0.00169. The molecule has 0 aromatic heterocycles. The minimum Gasteiger partial charge on any atom is -0.480 e. The zero-order valence-corrected chi connectivity index (χ0v) is 12.6. The van der Waals surface area contributed by atoms with E-state index in [1.165, 1.54) is 10.5 Å². The molecule has 0 unspecified atom stereocenters. The van der Waals surface area contributed by atoms with E-state index in [-0.39, 0.29) is 19.0 Å². The number of carboxylic acids is 1. The maximum atomic E-state index is 12.4. The first-order valence-electron chi connectivity index (χ1n) is 7.21. The Morgan fingerprint density at radius 1 is 1.19 bits per heavy atom. The van der Waals surface area contributed by atoms with E-state index in [9.17, 15) is 9.59 Å². The molecule has 0 spiro atoms. The quantitative estimate of drug-likeness (QED) is 0.827. The number of carbonyl (C=O) groups is 2. The third-order valence-electron chi connectivity index (χ3n) is 3.59. The van der Waals surface area contributed by atoms with Crippen LogP contribution in [0.3, 0.4) is 0 Å². The highest BCUT2D eigenvalue weighted by Crippen LogP contribution is 2.28. The van der Waals surface area contributed by atoms with Crippen LogP contribution in [0, 0.1) is 6.92 Å². The number of benzene rings is 1. The Morgan fingerprint density at radius 3 is 2.33 bits per heavy atom. The van der Waals surface area contributed by atoms with Crippen molar-refractivity contribution in [1.29, 1.82) is 0 Å². The second-order valence-corrected chi connectivity index (χ2v) is 5.80. The number of aliphatic carboxylic acids is 1. The van der Waals surface area contributed by atoms with E-state index in [0.29, 0.717) is 12.6 Å². The molecule has 1 saturated carbocycles. The number of rotatable bonds is 7. The van der Waals surface area contributed by atoms with Gasteiger partial charge in [-0.2, -0.15) is 0 Å². The summed E-state index contributed by atoms with van der Waals surface area (Å²) < 4.78 is 0. The third kappa shape index (κ3) is 4.86. The predicted molar refractivity (Wildman–Crippen MR) is 79.9 cm³/mol. The van der Waals surface area contributed by atoms with Gasteiger partial charge in [-0.05, 0) is 32.4 Å². The standard InChI is InChI=1S/C16H22N2O3/c1-12-3-5-13(6-4-12)9-18(14-7-8-14)15(19)10-17(2)11-16(20)21/h3-6,14H,7-11H2,1-2H3,(H,20,21). The average Bonchev–Trinajstić information content (AvgIpc) is 3.21. The SMILES string of the molecule is Cc1ccc(CN(C(=O)CN(C)CC(=O)O)C2CC2)cc1. The highest BCUT2D eigenvalue weighted by atomic mass is 16.4. The lowest BCUT2D eigenvalue weighted by Crippen LogP contribution is -2.41. The lowest BCUT2D eigenvalue weighted by Gasteiger charge is -2.25. The molecule has 21 heavy (non-hydrogen) atoms. The Hall–Kier alpha value is -1.88. The number of hydrogen-bond donors (Lipinski definition) is 1. The molecule has 1 aromatic carbocycles. The monoisotopic (exact) mass is 290 g/mol. The normalized spacial score (nSPS) is 14.2. The van der Waals surface area contributed by atoms with Gasteiger partial charge in [0, 0.05) is 12.6 Å². The van der Waals surface area contributed by atoms with E-state index >= 15 is 0 Å². The van der Waals surface area contributed by atoms with Crippen LogP contribution in [-0.4, -0.2) is 53.0 Å². The van der Waals surface area contributed by atoms with Crippen molar-refractivity contribution in [1.82, 2.24) is 9.80 Å². The van der Waals surface area contributed by atoms with Gasteiger partial charge < -0.3 is 10.0 Å². The summed E-state index contributed by atoms with van der Waals surface area (Å²) in [7, 11) is 1.66. The second-order valence-electron chi connectivity index (χ2n) is 5.80. The zero-order valence-electron chi connectivity index (χ0n) is 12.6. The number of nitrogens with zero attached hydrogens (tertiary/aromatic N) is 2. The molecule has 2 rings (SSSR count). The lowest BCUT2D eigenvalue weighted by atomic mass is 10.1. The maximum absolute atomic E-state index is 12.4. The summed E-state index contributed by atoms with van der Waals surface area (Å²) in [6, 6.07) is 8.48. The molecule has 0 radical (unpaired) electrons. The number of amides is 1. The van der Waals surface area contributed by atoms with Crippen molar-refractivity contribution >= 4 is 11.9 Å². The van der Waals surface area contributed by atoms with Gasteiger partial charge in [-0.3, -0.25) is 14.5 Å². The Labute approximate surface area is 125 Å². The van der Waals surface area contributed by atoms with Gasteiger partial charge in [0.05, 0.1) is 13.1 Å². The number of aryl methyl sites for hydroxylation is 1. The van der Waals surface area contributed by atoms with Crippen LogP contribution in [-0.2, 0) is 16.1 Å². The van der Waals surface area contributed by atoms with Crippen molar-refractivity contribution < 1.29 is 14.7 Å². The largest absolute Gasteiger partial charge is 0.480 e. The molecule has 1 aliphatic carbocycles. The summed E-state index contributed by atoms with van der Waals surface area (Å²) in [4.78, 5) is 26.5. The van der Waals surface area contributed by atoms with Gasteiger partial charge in [0.1, 0.15) is 0 Å². The van der Waals surface area contributed by atoms with Crippen LogP contribution in [0.4, 0.5) is 0 Å². The molecule has 1 fully saturated rings. The zero-order chi connectivity index (χ0) is 15.4. The first kappa shape index (κ1) is 15.5. The Balaban J connectivity index is 1.96. The van der Waals surface area contributed by atoms with Crippen molar-refractivity contribution in [2.24, 2.45) is 0 Å². The molecule has 1 amide bonds. The Bertz CT molecular complexity index is 509. The molecule has 1 aromatic rings. The summed E-state index contributed by atoms with van der Waals surface area (Å²) in [5.74, 6) is -0.913. The molecule has 0 saturated heterocycles. The highest BCUT2D eigenvalue weighted by molar-refractivity contribution is 5.79. The fourth-order valence-electron chi connectivity index (χ4n) is 2.31. The Morgan fingerprint density at radius 2 is 1.81 bits per heavy atom. The van der Waals surface area contributed by atoms with Crippen LogP contribution in [0.5, 0.6) is 0 Å². The number of carbonyl (C=O) groups excluding carboxylic acids is 1. The molecule has 1 N–H and O–H groups in total. The van der Waals surface area contributed by atoms with E-state index in [1.807, 2.05) is 36.1 Å². The fraction of sp³-hybridized carbons (Fsp3) is 0.500. The van der Waals surface area contributed by atoms with E-state index in [2.05, 4.69) is 0 Å². The van der Waals surface area contributed by atoms with E-state index < -0.39 is 5.97 Å². The number of hydrogen-bond acceptors (Lipinski definition) is 3. The predicted octanol–water partition coefficient (Wildman–Crippen LogP) is 1.50. The van der Waals surface area contributed by atoms with Crippen LogP contribution in [0.1, 0.15) is 24.0 Å². The van der Waals surface area contributed by atoms with Gasteiger partial charge in [-0.15, -0.1) is 0 Å². The van der Waals surface area contributed by atoms with Gasteiger partial charge >= 0.3 is 5.97 Å². The number of likely N-dealkylation sites (N-methyl/N-ethyl adjacent to an activating group) is 1. The smallest absolute Gasteiger partial charge is 0.317 e. The van der Waals surface area contributed by atoms with E-state index in [0.717, 1.165) is 18.4 Å². The van der Waals surface area contributed by atoms with Gasteiger partial charge in [-0.1, -0.05) is 29.8 Å². The molecule has 1 aliphatic rings. The number of carboxylic acid groups (broad SMARTS) is 1. The second kappa shape index (κ2) is 6.72. The fourth-order valence-corrected chi connectivity index (χ4v) is 2.31. The molecule has 0 bridgehead atoms. The van der Waals surface area contributed by atoms with Crippen molar-refractivity contribution in [3.05, 3.63) is 35.4 Å². The molecular weight excluding hydrogens is 268 g/mol. The molecule has 0 heterocycles. The Kier molecular flexibility index (Phi) is 4.96. The summed E-state index contributed by atoms with van der Waals surface area (Å²) >= 11 is 0. The molecule has 5 nitrogen and oxygen atoms in total. The van der Waals surface area contributed by atoms with Crippen LogP contribution in [0.15, 0.2) is 24.3 Å². The van der Waals surface area contributed by atoms with Crippen molar-refractivity contribution in [2.45, 2.75) is 32.4 Å². The van der Waals surface area contributed by atoms with Crippen LogP contribution < -0.4 is 0 Å². The first-order chi connectivity index (χ1) is 9.95. The highest BCUT2D eigenvalue weighted by Gasteiger charge is 2.32. The van der Waals surface area contributed by atoms with E-state index in [1.54, 1.807) is 7.05 Å². The van der Waals surface area contributed by atoms with Gasteiger partial charge in [0.25, 0.3) is 0 Å².